The van der Waals surface area contributed by atoms with E-state index in [1.54, 1.807) is 22.1 Å². The molecule has 0 aromatic carbocycles. The molecular formula is C16H20N6O2. The molecule has 3 rings (SSSR count). The number of pyridine rings is 1. The van der Waals surface area contributed by atoms with Crippen molar-refractivity contribution in [1.82, 2.24) is 30.0 Å². The standard InChI is InChI=1S/C16H20N6O2/c23-15-8-13(9-21(15)10-14-4-1-2-5-18-14)16(24)19-6-3-7-22-12-17-11-20-22/h1-2,4-5,11-13H,3,6-10H2,(H,19,24). The van der Waals surface area contributed by atoms with Crippen LogP contribution < -0.4 is 5.32 Å². The van der Waals surface area contributed by atoms with Crippen LogP contribution in [0.2, 0.25) is 0 Å². The van der Waals surface area contributed by atoms with Gasteiger partial charge in [0.25, 0.3) is 0 Å². The normalized spacial score (nSPS) is 17.2. The largest absolute Gasteiger partial charge is 0.356 e. The molecule has 1 aliphatic heterocycles. The van der Waals surface area contributed by atoms with Gasteiger partial charge in [-0.1, -0.05) is 6.07 Å². The third kappa shape index (κ3) is 4.15. The summed E-state index contributed by atoms with van der Waals surface area (Å²) in [6, 6.07) is 5.61. The van der Waals surface area contributed by atoms with E-state index in [4.69, 9.17) is 0 Å². The summed E-state index contributed by atoms with van der Waals surface area (Å²) >= 11 is 0. The minimum Gasteiger partial charge on any atom is -0.356 e. The molecule has 8 nitrogen and oxygen atoms in total. The molecule has 1 aliphatic rings. The van der Waals surface area contributed by atoms with E-state index in [2.05, 4.69) is 20.4 Å². The highest BCUT2D eigenvalue weighted by Gasteiger charge is 2.34. The Morgan fingerprint density at radius 2 is 2.29 bits per heavy atom. The number of carbonyl (C=O) groups excluding carboxylic acids is 2. The summed E-state index contributed by atoms with van der Waals surface area (Å²) in [5.74, 6) is -0.346. The van der Waals surface area contributed by atoms with Crippen molar-refractivity contribution >= 4 is 11.8 Å². The summed E-state index contributed by atoms with van der Waals surface area (Å²) in [7, 11) is 0. The molecule has 1 fully saturated rings. The fourth-order valence-electron chi connectivity index (χ4n) is 2.73. The second-order valence-electron chi connectivity index (χ2n) is 5.80. The smallest absolute Gasteiger partial charge is 0.225 e. The van der Waals surface area contributed by atoms with Crippen LogP contribution in [0.5, 0.6) is 0 Å². The summed E-state index contributed by atoms with van der Waals surface area (Å²) in [6.45, 7) is 2.17. The fourth-order valence-corrected chi connectivity index (χ4v) is 2.73. The van der Waals surface area contributed by atoms with Crippen LogP contribution in [0.4, 0.5) is 0 Å². The van der Waals surface area contributed by atoms with Crippen molar-refractivity contribution < 1.29 is 9.59 Å². The maximum atomic E-state index is 12.2. The number of amides is 2. The van der Waals surface area contributed by atoms with Crippen LogP contribution in [-0.2, 0) is 22.7 Å². The average Bonchev–Trinajstić information content (AvgIpc) is 3.23. The lowest BCUT2D eigenvalue weighted by Crippen LogP contribution is -2.33. The SMILES string of the molecule is O=C(NCCCn1cncn1)C1CC(=O)N(Cc2ccccn2)C1. The molecular weight excluding hydrogens is 308 g/mol. The molecule has 1 unspecified atom stereocenters. The van der Waals surface area contributed by atoms with E-state index in [0.717, 1.165) is 12.1 Å². The van der Waals surface area contributed by atoms with Gasteiger partial charge in [-0.2, -0.15) is 5.10 Å². The first-order valence-corrected chi connectivity index (χ1v) is 8.00. The van der Waals surface area contributed by atoms with Crippen LogP contribution in [-0.4, -0.2) is 49.6 Å². The average molecular weight is 328 g/mol. The van der Waals surface area contributed by atoms with Crippen LogP contribution >= 0.6 is 0 Å². The van der Waals surface area contributed by atoms with Crippen LogP contribution in [0.3, 0.4) is 0 Å². The Kier molecular flexibility index (Phi) is 5.15. The van der Waals surface area contributed by atoms with Gasteiger partial charge in [-0.3, -0.25) is 19.3 Å². The molecule has 0 saturated carbocycles. The van der Waals surface area contributed by atoms with Gasteiger partial charge in [-0.05, 0) is 18.6 Å². The van der Waals surface area contributed by atoms with Crippen molar-refractivity contribution in [3.8, 4) is 0 Å². The number of aryl methyl sites for hydroxylation is 1. The van der Waals surface area contributed by atoms with Crippen LogP contribution in [0.15, 0.2) is 37.1 Å². The third-order valence-corrected chi connectivity index (χ3v) is 3.99. The molecule has 1 N–H and O–H groups in total. The van der Waals surface area contributed by atoms with Gasteiger partial charge in [0.15, 0.2) is 0 Å². The van der Waals surface area contributed by atoms with Gasteiger partial charge in [0.1, 0.15) is 12.7 Å². The lowest BCUT2D eigenvalue weighted by molar-refractivity contribution is -0.129. The highest BCUT2D eigenvalue weighted by molar-refractivity contribution is 5.89. The molecule has 1 atom stereocenters. The summed E-state index contributed by atoms with van der Waals surface area (Å²) in [4.78, 5) is 34.1. The van der Waals surface area contributed by atoms with E-state index in [1.165, 1.54) is 6.33 Å². The van der Waals surface area contributed by atoms with Crippen molar-refractivity contribution in [3.05, 3.63) is 42.7 Å². The Bertz CT molecular complexity index is 673. The van der Waals surface area contributed by atoms with E-state index in [-0.39, 0.29) is 24.2 Å². The Labute approximate surface area is 139 Å². The molecule has 24 heavy (non-hydrogen) atoms. The molecule has 3 heterocycles. The van der Waals surface area contributed by atoms with Crippen LogP contribution in [0, 0.1) is 5.92 Å². The lowest BCUT2D eigenvalue weighted by Gasteiger charge is -2.16. The lowest BCUT2D eigenvalue weighted by atomic mass is 10.1. The van der Waals surface area contributed by atoms with E-state index in [9.17, 15) is 9.59 Å². The number of nitrogens with one attached hydrogen (secondary N) is 1. The first-order valence-electron chi connectivity index (χ1n) is 8.00. The van der Waals surface area contributed by atoms with Crippen molar-refractivity contribution in [2.75, 3.05) is 13.1 Å². The van der Waals surface area contributed by atoms with Crippen LogP contribution in [0.1, 0.15) is 18.5 Å². The third-order valence-electron chi connectivity index (χ3n) is 3.99. The Morgan fingerprint density at radius 1 is 1.38 bits per heavy atom. The topological polar surface area (TPSA) is 93.0 Å². The van der Waals surface area contributed by atoms with Gasteiger partial charge in [0.05, 0.1) is 18.2 Å². The fraction of sp³-hybridized carbons (Fsp3) is 0.438. The van der Waals surface area contributed by atoms with Gasteiger partial charge in [0.2, 0.25) is 11.8 Å². The maximum absolute atomic E-state index is 12.2. The maximum Gasteiger partial charge on any atom is 0.225 e. The monoisotopic (exact) mass is 328 g/mol. The molecule has 0 spiro atoms. The highest BCUT2D eigenvalue weighted by Crippen LogP contribution is 2.19. The van der Waals surface area contributed by atoms with Crippen molar-refractivity contribution in [2.24, 2.45) is 5.92 Å². The minimum absolute atomic E-state index is 0.00317. The van der Waals surface area contributed by atoms with E-state index in [1.807, 2.05) is 18.2 Å². The van der Waals surface area contributed by atoms with Gasteiger partial charge in [-0.15, -0.1) is 0 Å². The number of hydrogen-bond acceptors (Lipinski definition) is 5. The summed E-state index contributed by atoms with van der Waals surface area (Å²) in [5.41, 5.74) is 0.833. The molecule has 2 aromatic heterocycles. The summed E-state index contributed by atoms with van der Waals surface area (Å²) < 4.78 is 1.72. The Balaban J connectivity index is 1.42. The highest BCUT2D eigenvalue weighted by atomic mass is 16.2. The van der Waals surface area contributed by atoms with Crippen molar-refractivity contribution in [3.63, 3.8) is 0 Å². The molecule has 0 radical (unpaired) electrons. The zero-order chi connectivity index (χ0) is 16.8. The molecule has 2 amide bonds. The number of hydrogen-bond donors (Lipinski definition) is 1. The van der Waals surface area contributed by atoms with Gasteiger partial charge < -0.3 is 10.2 Å². The van der Waals surface area contributed by atoms with Gasteiger partial charge >= 0.3 is 0 Å². The Morgan fingerprint density at radius 3 is 3.04 bits per heavy atom. The number of likely N-dealkylation sites (tertiary alicyclic amines) is 1. The second-order valence-corrected chi connectivity index (χ2v) is 5.80. The van der Waals surface area contributed by atoms with Crippen LogP contribution in [0.25, 0.3) is 0 Å². The first kappa shape index (κ1) is 16.1. The molecule has 8 heteroatoms. The Hall–Kier alpha value is -2.77. The molecule has 2 aromatic rings. The van der Waals surface area contributed by atoms with E-state index < -0.39 is 0 Å². The van der Waals surface area contributed by atoms with E-state index >= 15 is 0 Å². The van der Waals surface area contributed by atoms with Crippen molar-refractivity contribution in [1.29, 1.82) is 0 Å². The number of rotatable bonds is 7. The second kappa shape index (κ2) is 7.67. The number of carbonyl (C=O) groups is 2. The molecule has 0 aliphatic carbocycles. The quantitative estimate of drug-likeness (QED) is 0.734. The predicted molar refractivity (Wildman–Crippen MR) is 85.4 cm³/mol. The van der Waals surface area contributed by atoms with Gasteiger partial charge in [-0.25, -0.2) is 4.98 Å². The molecule has 1 saturated heterocycles. The minimum atomic E-state index is -0.285. The predicted octanol–water partition coefficient (Wildman–Crippen LogP) is 0.228. The number of aromatic nitrogens is 4. The summed E-state index contributed by atoms with van der Waals surface area (Å²) in [6.07, 6.45) is 5.87. The number of nitrogens with zero attached hydrogens (tertiary/aromatic N) is 5. The molecule has 126 valence electrons. The first-order chi connectivity index (χ1) is 11.7. The molecule has 0 bridgehead atoms. The zero-order valence-corrected chi connectivity index (χ0v) is 13.3. The summed E-state index contributed by atoms with van der Waals surface area (Å²) in [5, 5.41) is 6.90. The van der Waals surface area contributed by atoms with Gasteiger partial charge in [0, 0.05) is 32.3 Å². The zero-order valence-electron chi connectivity index (χ0n) is 13.3. The van der Waals surface area contributed by atoms with E-state index in [0.29, 0.717) is 26.2 Å². The van der Waals surface area contributed by atoms with Crippen molar-refractivity contribution in [2.45, 2.75) is 25.9 Å².